The van der Waals surface area contributed by atoms with Crippen LogP contribution in [-0.4, -0.2) is 15.0 Å². The van der Waals surface area contributed by atoms with E-state index in [-0.39, 0.29) is 0 Å². The fourth-order valence-corrected chi connectivity index (χ4v) is 0.831. The summed E-state index contributed by atoms with van der Waals surface area (Å²) in [6.45, 7) is 0. The van der Waals surface area contributed by atoms with Crippen LogP contribution in [0.25, 0.3) is 11.2 Å². The smallest absolute Gasteiger partial charge is 0.215 e. The Morgan fingerprint density at radius 1 is 1.09 bits per heavy atom. The molecule has 54 valence electrons. The Morgan fingerprint density at radius 3 is 2.82 bits per heavy atom. The van der Waals surface area contributed by atoms with Crippen molar-refractivity contribution in [1.29, 1.82) is 0 Å². The van der Waals surface area contributed by atoms with Crippen LogP contribution in [0.1, 0.15) is 0 Å². The highest BCUT2D eigenvalue weighted by Gasteiger charge is 1.96. The van der Waals surface area contributed by atoms with Gasteiger partial charge in [-0.15, -0.1) is 0 Å². The molecule has 2 aromatic heterocycles. The van der Waals surface area contributed by atoms with Crippen molar-refractivity contribution < 1.29 is 4.39 Å². The van der Waals surface area contributed by atoms with Gasteiger partial charge in [-0.2, -0.15) is 9.37 Å². The van der Waals surface area contributed by atoms with E-state index in [0.29, 0.717) is 11.2 Å². The Kier molecular flexibility index (Phi) is 1.25. The molecule has 0 aliphatic carbocycles. The van der Waals surface area contributed by atoms with Gasteiger partial charge in [-0.25, -0.2) is 4.98 Å². The number of pyridine rings is 1. The highest BCUT2D eigenvalue weighted by Crippen LogP contribution is 2.03. The van der Waals surface area contributed by atoms with Crippen molar-refractivity contribution in [3.05, 3.63) is 30.5 Å². The predicted molar refractivity (Wildman–Crippen MR) is 37.3 cm³/mol. The minimum atomic E-state index is -0.530. The number of rotatable bonds is 0. The summed E-state index contributed by atoms with van der Waals surface area (Å²) in [5.41, 5.74) is 0.946. The largest absolute Gasteiger partial charge is 0.251 e. The minimum absolute atomic E-state index is 0.340. The van der Waals surface area contributed by atoms with Crippen molar-refractivity contribution in [2.75, 3.05) is 0 Å². The van der Waals surface area contributed by atoms with Crippen LogP contribution in [0.5, 0.6) is 0 Å². The molecule has 0 saturated heterocycles. The first-order chi connectivity index (χ1) is 5.36. The number of nitrogens with zero attached hydrogens (tertiary/aromatic N) is 3. The van der Waals surface area contributed by atoms with E-state index in [1.165, 1.54) is 12.3 Å². The van der Waals surface area contributed by atoms with Crippen LogP contribution in [0.2, 0.25) is 0 Å². The molecule has 0 bridgehead atoms. The van der Waals surface area contributed by atoms with Gasteiger partial charge in [0.25, 0.3) is 0 Å². The molecule has 0 aromatic carbocycles. The second-order valence-electron chi connectivity index (χ2n) is 2.03. The monoisotopic (exact) mass is 149 g/mol. The molecule has 0 radical (unpaired) electrons. The van der Waals surface area contributed by atoms with Gasteiger partial charge in [-0.3, -0.25) is 4.98 Å². The highest BCUT2D eigenvalue weighted by molar-refractivity contribution is 5.68. The van der Waals surface area contributed by atoms with E-state index in [0.717, 1.165) is 0 Å². The van der Waals surface area contributed by atoms with E-state index < -0.39 is 5.95 Å². The standard InChI is InChI=1S/C7H4FN3/c8-6-2-1-5-7(11-6)10-4-3-9-5/h1-4H. The van der Waals surface area contributed by atoms with Gasteiger partial charge in [-0.1, -0.05) is 0 Å². The van der Waals surface area contributed by atoms with Crippen molar-refractivity contribution in [2.45, 2.75) is 0 Å². The highest BCUT2D eigenvalue weighted by atomic mass is 19.1. The maximum absolute atomic E-state index is 12.5. The van der Waals surface area contributed by atoms with E-state index in [4.69, 9.17) is 0 Å². The van der Waals surface area contributed by atoms with Crippen molar-refractivity contribution in [3.8, 4) is 0 Å². The lowest BCUT2D eigenvalue weighted by Crippen LogP contribution is -1.88. The zero-order valence-electron chi connectivity index (χ0n) is 5.53. The van der Waals surface area contributed by atoms with Crippen molar-refractivity contribution in [1.82, 2.24) is 15.0 Å². The molecule has 3 nitrogen and oxygen atoms in total. The molecule has 2 rings (SSSR count). The van der Waals surface area contributed by atoms with Crippen LogP contribution in [-0.2, 0) is 0 Å². The van der Waals surface area contributed by atoms with Crippen LogP contribution < -0.4 is 0 Å². The van der Waals surface area contributed by atoms with Crippen LogP contribution in [0, 0.1) is 5.95 Å². The van der Waals surface area contributed by atoms with Crippen molar-refractivity contribution in [3.63, 3.8) is 0 Å². The van der Waals surface area contributed by atoms with E-state index in [1.807, 2.05) is 0 Å². The average molecular weight is 149 g/mol. The number of hydrogen-bond donors (Lipinski definition) is 0. The molecule has 0 N–H and O–H groups in total. The van der Waals surface area contributed by atoms with Crippen molar-refractivity contribution in [2.24, 2.45) is 0 Å². The molecule has 2 heterocycles. The third-order valence-electron chi connectivity index (χ3n) is 1.30. The number of hydrogen-bond acceptors (Lipinski definition) is 3. The zero-order chi connectivity index (χ0) is 7.68. The van der Waals surface area contributed by atoms with E-state index >= 15 is 0 Å². The Labute approximate surface area is 61.9 Å². The van der Waals surface area contributed by atoms with E-state index in [9.17, 15) is 4.39 Å². The second-order valence-corrected chi connectivity index (χ2v) is 2.03. The Hall–Kier alpha value is -1.58. The summed E-state index contributed by atoms with van der Waals surface area (Å²) in [5, 5.41) is 0. The summed E-state index contributed by atoms with van der Waals surface area (Å²) in [5.74, 6) is -0.530. The fraction of sp³-hybridized carbons (Fsp3) is 0. The lowest BCUT2D eigenvalue weighted by atomic mass is 10.4. The lowest BCUT2D eigenvalue weighted by Gasteiger charge is -1.91. The molecule has 0 amide bonds. The van der Waals surface area contributed by atoms with E-state index in [1.54, 1.807) is 12.3 Å². The van der Waals surface area contributed by atoms with Gasteiger partial charge >= 0.3 is 0 Å². The predicted octanol–water partition coefficient (Wildman–Crippen LogP) is 1.16. The van der Waals surface area contributed by atoms with Gasteiger partial charge in [-0.05, 0) is 12.1 Å². The average Bonchev–Trinajstić information content (AvgIpc) is 2.04. The third kappa shape index (κ3) is 1.02. The van der Waals surface area contributed by atoms with Gasteiger partial charge in [0.05, 0.1) is 0 Å². The Bertz CT molecular complexity index is 388. The molecule has 0 fully saturated rings. The fourth-order valence-electron chi connectivity index (χ4n) is 0.831. The molecule has 2 aromatic rings. The molecule has 4 heteroatoms. The first-order valence-electron chi connectivity index (χ1n) is 3.09. The van der Waals surface area contributed by atoms with Gasteiger partial charge in [0, 0.05) is 12.4 Å². The van der Waals surface area contributed by atoms with Gasteiger partial charge in [0.15, 0.2) is 5.65 Å². The topological polar surface area (TPSA) is 38.7 Å². The number of aromatic nitrogens is 3. The summed E-state index contributed by atoms with van der Waals surface area (Å²) in [4.78, 5) is 11.3. The normalized spacial score (nSPS) is 10.3. The SMILES string of the molecule is Fc1ccc2nccnc2n1. The number of halogens is 1. The lowest BCUT2D eigenvalue weighted by molar-refractivity contribution is 0.588. The molecule has 0 aliphatic heterocycles. The molecular formula is C7H4FN3. The second kappa shape index (κ2) is 2.23. The third-order valence-corrected chi connectivity index (χ3v) is 1.30. The molecule has 0 atom stereocenters. The zero-order valence-corrected chi connectivity index (χ0v) is 5.53. The van der Waals surface area contributed by atoms with E-state index in [2.05, 4.69) is 15.0 Å². The van der Waals surface area contributed by atoms with Crippen LogP contribution in [0.4, 0.5) is 4.39 Å². The van der Waals surface area contributed by atoms with Gasteiger partial charge in [0.2, 0.25) is 5.95 Å². The molecule has 0 unspecified atom stereocenters. The quantitative estimate of drug-likeness (QED) is 0.527. The molecular weight excluding hydrogens is 145 g/mol. The molecule has 11 heavy (non-hydrogen) atoms. The van der Waals surface area contributed by atoms with Crippen LogP contribution in [0.3, 0.4) is 0 Å². The summed E-state index contributed by atoms with van der Waals surface area (Å²) in [6.07, 6.45) is 3.02. The maximum Gasteiger partial charge on any atom is 0.215 e. The maximum atomic E-state index is 12.5. The van der Waals surface area contributed by atoms with Crippen LogP contribution >= 0.6 is 0 Å². The van der Waals surface area contributed by atoms with Gasteiger partial charge in [0.1, 0.15) is 5.52 Å². The summed E-state index contributed by atoms with van der Waals surface area (Å²) in [7, 11) is 0. The van der Waals surface area contributed by atoms with Crippen LogP contribution in [0.15, 0.2) is 24.5 Å². The molecule has 0 spiro atoms. The first-order valence-corrected chi connectivity index (χ1v) is 3.09. The van der Waals surface area contributed by atoms with Crippen molar-refractivity contribution >= 4 is 11.2 Å². The minimum Gasteiger partial charge on any atom is -0.251 e. The summed E-state index contributed by atoms with van der Waals surface area (Å²) in [6, 6.07) is 2.81. The first kappa shape index (κ1) is 6.15. The molecule has 0 saturated carbocycles. The van der Waals surface area contributed by atoms with Gasteiger partial charge < -0.3 is 0 Å². The molecule has 0 aliphatic rings. The Morgan fingerprint density at radius 2 is 1.91 bits per heavy atom. The summed E-state index contributed by atoms with van der Waals surface area (Å²) < 4.78 is 12.5. The summed E-state index contributed by atoms with van der Waals surface area (Å²) >= 11 is 0. The Balaban J connectivity index is 2.83. The number of fused-ring (bicyclic) bond motifs is 1.